The minimum Gasteiger partial charge on any atom is -0.467 e. The SMILES string of the molecule is Cc1nc(C)n(C(C)CNC(=O)C2OCOc3ccccc32)n1. The molecular formula is C16H20N4O3. The van der Waals surface area contributed by atoms with E-state index in [1.807, 2.05) is 49.7 Å². The van der Waals surface area contributed by atoms with E-state index in [-0.39, 0.29) is 18.7 Å². The quantitative estimate of drug-likeness (QED) is 0.928. The number of amides is 1. The van der Waals surface area contributed by atoms with Crippen molar-refractivity contribution in [2.45, 2.75) is 32.9 Å². The Morgan fingerprint density at radius 1 is 1.43 bits per heavy atom. The maximum absolute atomic E-state index is 12.4. The summed E-state index contributed by atoms with van der Waals surface area (Å²) in [6.45, 7) is 6.26. The summed E-state index contributed by atoms with van der Waals surface area (Å²) >= 11 is 0. The van der Waals surface area contributed by atoms with Gasteiger partial charge >= 0.3 is 0 Å². The Labute approximate surface area is 134 Å². The molecule has 3 rings (SSSR count). The van der Waals surface area contributed by atoms with Crippen molar-refractivity contribution in [3.05, 3.63) is 41.5 Å². The molecule has 0 aliphatic carbocycles. The third kappa shape index (κ3) is 3.19. The molecule has 0 spiro atoms. The molecular weight excluding hydrogens is 296 g/mol. The van der Waals surface area contributed by atoms with Gasteiger partial charge in [-0.2, -0.15) is 5.10 Å². The summed E-state index contributed by atoms with van der Waals surface area (Å²) in [7, 11) is 0. The molecule has 122 valence electrons. The van der Waals surface area contributed by atoms with Crippen LogP contribution < -0.4 is 10.1 Å². The first-order valence-electron chi connectivity index (χ1n) is 7.57. The number of ether oxygens (including phenoxy) is 2. The van der Waals surface area contributed by atoms with E-state index >= 15 is 0 Å². The highest BCUT2D eigenvalue weighted by atomic mass is 16.7. The molecule has 0 saturated carbocycles. The molecule has 7 heteroatoms. The summed E-state index contributed by atoms with van der Waals surface area (Å²) in [5, 5.41) is 7.26. The fraction of sp³-hybridized carbons (Fsp3) is 0.438. The molecule has 2 aromatic rings. The van der Waals surface area contributed by atoms with Gasteiger partial charge in [0.1, 0.15) is 17.4 Å². The van der Waals surface area contributed by atoms with Gasteiger partial charge in [-0.1, -0.05) is 18.2 Å². The number of nitrogens with one attached hydrogen (secondary N) is 1. The zero-order chi connectivity index (χ0) is 16.4. The van der Waals surface area contributed by atoms with Crippen molar-refractivity contribution in [2.24, 2.45) is 0 Å². The molecule has 1 aromatic carbocycles. The van der Waals surface area contributed by atoms with Crippen LogP contribution in [-0.2, 0) is 9.53 Å². The van der Waals surface area contributed by atoms with E-state index < -0.39 is 6.10 Å². The van der Waals surface area contributed by atoms with E-state index in [4.69, 9.17) is 9.47 Å². The second kappa shape index (κ2) is 6.37. The van der Waals surface area contributed by atoms with Gasteiger partial charge in [-0.05, 0) is 26.8 Å². The Bertz CT molecular complexity index is 713. The minimum atomic E-state index is -0.647. The van der Waals surface area contributed by atoms with Gasteiger partial charge in [0.05, 0.1) is 6.04 Å². The van der Waals surface area contributed by atoms with E-state index in [1.165, 1.54) is 0 Å². The Kier molecular flexibility index (Phi) is 4.29. The molecule has 1 aliphatic rings. The van der Waals surface area contributed by atoms with Crippen molar-refractivity contribution >= 4 is 5.91 Å². The van der Waals surface area contributed by atoms with Gasteiger partial charge in [0.25, 0.3) is 5.91 Å². The number of rotatable bonds is 4. The number of carbonyl (C=O) groups excluding carboxylic acids is 1. The number of para-hydroxylation sites is 1. The predicted octanol–water partition coefficient (Wildman–Crippen LogP) is 1.68. The van der Waals surface area contributed by atoms with Crippen LogP contribution in [0.25, 0.3) is 0 Å². The van der Waals surface area contributed by atoms with Gasteiger partial charge in [0.15, 0.2) is 12.9 Å². The molecule has 1 aliphatic heterocycles. The van der Waals surface area contributed by atoms with Crippen LogP contribution >= 0.6 is 0 Å². The van der Waals surface area contributed by atoms with Crippen LogP contribution in [0.3, 0.4) is 0 Å². The second-order valence-corrected chi connectivity index (χ2v) is 5.59. The van der Waals surface area contributed by atoms with E-state index in [0.717, 1.165) is 17.2 Å². The zero-order valence-electron chi connectivity index (χ0n) is 13.4. The first-order chi connectivity index (χ1) is 11.1. The molecule has 0 bridgehead atoms. The second-order valence-electron chi connectivity index (χ2n) is 5.59. The zero-order valence-corrected chi connectivity index (χ0v) is 13.4. The first kappa shape index (κ1) is 15.5. The molecule has 0 radical (unpaired) electrons. The topological polar surface area (TPSA) is 78.3 Å². The number of fused-ring (bicyclic) bond motifs is 1. The minimum absolute atomic E-state index is 0.00948. The Morgan fingerprint density at radius 3 is 2.96 bits per heavy atom. The summed E-state index contributed by atoms with van der Waals surface area (Å²) in [5.41, 5.74) is 0.747. The number of aryl methyl sites for hydroxylation is 2. The fourth-order valence-corrected chi connectivity index (χ4v) is 2.68. The van der Waals surface area contributed by atoms with Crippen LogP contribution in [0, 0.1) is 13.8 Å². The standard InChI is InChI=1S/C16H20N4O3/c1-10(20-12(3)18-11(2)19-20)8-17-16(21)15-13-6-4-5-7-14(13)22-9-23-15/h4-7,10,15H,8-9H2,1-3H3,(H,17,21). The van der Waals surface area contributed by atoms with Crippen LogP contribution in [0.2, 0.25) is 0 Å². The Balaban J connectivity index is 1.65. The van der Waals surface area contributed by atoms with Crippen molar-refractivity contribution in [3.8, 4) is 5.75 Å². The number of benzene rings is 1. The van der Waals surface area contributed by atoms with E-state index in [2.05, 4.69) is 15.4 Å². The number of carbonyl (C=O) groups is 1. The molecule has 1 aromatic heterocycles. The van der Waals surface area contributed by atoms with Crippen molar-refractivity contribution < 1.29 is 14.3 Å². The highest BCUT2D eigenvalue weighted by Crippen LogP contribution is 2.31. The summed E-state index contributed by atoms with van der Waals surface area (Å²) in [5.74, 6) is 2.07. The Morgan fingerprint density at radius 2 is 2.22 bits per heavy atom. The lowest BCUT2D eigenvalue weighted by Crippen LogP contribution is -2.37. The van der Waals surface area contributed by atoms with Crippen LogP contribution in [0.15, 0.2) is 24.3 Å². The lowest BCUT2D eigenvalue weighted by Gasteiger charge is -2.26. The number of nitrogens with zero attached hydrogens (tertiary/aromatic N) is 3. The van der Waals surface area contributed by atoms with Gasteiger partial charge in [-0.3, -0.25) is 4.79 Å². The lowest BCUT2D eigenvalue weighted by atomic mass is 10.1. The average Bonchev–Trinajstić information content (AvgIpc) is 2.90. The van der Waals surface area contributed by atoms with Crippen LogP contribution in [0.5, 0.6) is 5.75 Å². The monoisotopic (exact) mass is 316 g/mol. The van der Waals surface area contributed by atoms with Crippen LogP contribution in [0.4, 0.5) is 0 Å². The van der Waals surface area contributed by atoms with Crippen LogP contribution in [0.1, 0.15) is 36.3 Å². The highest BCUT2D eigenvalue weighted by Gasteiger charge is 2.28. The molecule has 0 fully saturated rings. The van der Waals surface area contributed by atoms with E-state index in [9.17, 15) is 4.79 Å². The molecule has 1 N–H and O–H groups in total. The highest BCUT2D eigenvalue weighted by molar-refractivity contribution is 5.83. The van der Waals surface area contributed by atoms with E-state index in [1.54, 1.807) is 0 Å². The normalized spacial score (nSPS) is 18.0. The molecule has 1 amide bonds. The molecule has 2 heterocycles. The van der Waals surface area contributed by atoms with Gasteiger partial charge in [0, 0.05) is 12.1 Å². The first-order valence-corrected chi connectivity index (χ1v) is 7.57. The van der Waals surface area contributed by atoms with Crippen molar-refractivity contribution in [1.29, 1.82) is 0 Å². The molecule has 7 nitrogen and oxygen atoms in total. The number of hydrogen-bond acceptors (Lipinski definition) is 5. The molecule has 23 heavy (non-hydrogen) atoms. The van der Waals surface area contributed by atoms with Gasteiger partial charge in [-0.25, -0.2) is 9.67 Å². The molecule has 0 saturated heterocycles. The smallest absolute Gasteiger partial charge is 0.254 e. The predicted molar refractivity (Wildman–Crippen MR) is 83.0 cm³/mol. The van der Waals surface area contributed by atoms with Gasteiger partial charge in [0.2, 0.25) is 0 Å². The Hall–Kier alpha value is -2.41. The third-order valence-electron chi connectivity index (χ3n) is 3.79. The summed E-state index contributed by atoms with van der Waals surface area (Å²) in [6, 6.07) is 7.42. The summed E-state index contributed by atoms with van der Waals surface area (Å²) in [6.07, 6.45) is -0.647. The fourth-order valence-electron chi connectivity index (χ4n) is 2.68. The molecule has 2 atom stereocenters. The van der Waals surface area contributed by atoms with E-state index in [0.29, 0.717) is 12.3 Å². The number of aromatic nitrogens is 3. The summed E-state index contributed by atoms with van der Waals surface area (Å²) in [4.78, 5) is 16.7. The van der Waals surface area contributed by atoms with Crippen molar-refractivity contribution in [1.82, 2.24) is 20.1 Å². The lowest BCUT2D eigenvalue weighted by molar-refractivity contribution is -0.142. The number of hydrogen-bond donors (Lipinski definition) is 1. The van der Waals surface area contributed by atoms with Crippen LogP contribution in [-0.4, -0.2) is 34.0 Å². The van der Waals surface area contributed by atoms with Crippen molar-refractivity contribution in [2.75, 3.05) is 13.3 Å². The largest absolute Gasteiger partial charge is 0.467 e. The van der Waals surface area contributed by atoms with Gasteiger partial charge < -0.3 is 14.8 Å². The maximum Gasteiger partial charge on any atom is 0.254 e. The molecule has 2 unspecified atom stereocenters. The maximum atomic E-state index is 12.4. The summed E-state index contributed by atoms with van der Waals surface area (Å²) < 4.78 is 12.7. The van der Waals surface area contributed by atoms with Gasteiger partial charge in [-0.15, -0.1) is 0 Å². The van der Waals surface area contributed by atoms with Crippen molar-refractivity contribution in [3.63, 3.8) is 0 Å². The average molecular weight is 316 g/mol. The third-order valence-corrected chi connectivity index (χ3v) is 3.79.